The second-order valence-electron chi connectivity index (χ2n) is 4.02. The Kier molecular flexibility index (Phi) is 3.32. The number of rotatable bonds is 2. The van der Waals surface area contributed by atoms with Crippen molar-refractivity contribution in [3.63, 3.8) is 0 Å². The van der Waals surface area contributed by atoms with E-state index in [1.54, 1.807) is 0 Å². The normalized spacial score (nSPS) is 20.0. The fourth-order valence-corrected chi connectivity index (χ4v) is 1.93. The molecule has 6 nitrogen and oxygen atoms in total. The molecule has 90 valence electrons. The standard InChI is InChI=1S/C11H13N3O3/c15-10(9-6-12-3-4-13-9)14-5-1-2-8(7-14)11(16)17/h3-4,6,8H,1-2,5,7H2,(H,16,17). The highest BCUT2D eigenvalue weighted by atomic mass is 16.4. The molecule has 1 saturated heterocycles. The maximum atomic E-state index is 12.0. The first kappa shape index (κ1) is 11.5. The zero-order chi connectivity index (χ0) is 12.3. The van der Waals surface area contributed by atoms with Gasteiger partial charge in [-0.1, -0.05) is 0 Å². The number of carbonyl (C=O) groups is 2. The van der Waals surface area contributed by atoms with Crippen LogP contribution in [0.1, 0.15) is 23.3 Å². The van der Waals surface area contributed by atoms with Gasteiger partial charge in [0.15, 0.2) is 0 Å². The van der Waals surface area contributed by atoms with E-state index in [2.05, 4.69) is 9.97 Å². The molecule has 1 atom stereocenters. The third-order valence-electron chi connectivity index (χ3n) is 2.84. The molecule has 1 amide bonds. The molecule has 2 heterocycles. The Hall–Kier alpha value is -1.98. The van der Waals surface area contributed by atoms with E-state index in [-0.39, 0.29) is 18.1 Å². The van der Waals surface area contributed by atoms with Crippen LogP contribution in [0.5, 0.6) is 0 Å². The number of carboxylic acids is 1. The highest BCUT2D eigenvalue weighted by Crippen LogP contribution is 2.17. The molecular weight excluding hydrogens is 222 g/mol. The number of nitrogens with zero attached hydrogens (tertiary/aromatic N) is 3. The number of hydrogen-bond acceptors (Lipinski definition) is 4. The van der Waals surface area contributed by atoms with Gasteiger partial charge in [0.2, 0.25) is 0 Å². The Morgan fingerprint density at radius 2 is 2.24 bits per heavy atom. The van der Waals surface area contributed by atoms with Crippen molar-refractivity contribution in [2.24, 2.45) is 5.92 Å². The summed E-state index contributed by atoms with van der Waals surface area (Å²) in [7, 11) is 0. The molecular formula is C11H13N3O3. The molecule has 1 aliphatic heterocycles. The van der Waals surface area contributed by atoms with E-state index in [9.17, 15) is 9.59 Å². The third-order valence-corrected chi connectivity index (χ3v) is 2.84. The summed E-state index contributed by atoms with van der Waals surface area (Å²) in [4.78, 5) is 32.2. The number of likely N-dealkylation sites (tertiary alicyclic amines) is 1. The van der Waals surface area contributed by atoms with Gasteiger partial charge in [-0.25, -0.2) is 4.98 Å². The van der Waals surface area contributed by atoms with Gasteiger partial charge in [0, 0.05) is 25.5 Å². The number of amides is 1. The summed E-state index contributed by atoms with van der Waals surface area (Å²) in [5, 5.41) is 8.94. The summed E-state index contributed by atoms with van der Waals surface area (Å²) in [6.45, 7) is 0.837. The van der Waals surface area contributed by atoms with E-state index >= 15 is 0 Å². The Morgan fingerprint density at radius 1 is 1.41 bits per heavy atom. The number of carboxylic acid groups (broad SMARTS) is 1. The molecule has 1 aromatic rings. The topological polar surface area (TPSA) is 83.4 Å². The average Bonchev–Trinajstić information content (AvgIpc) is 2.39. The van der Waals surface area contributed by atoms with Crippen LogP contribution >= 0.6 is 0 Å². The minimum Gasteiger partial charge on any atom is -0.481 e. The molecule has 0 aromatic carbocycles. The van der Waals surface area contributed by atoms with E-state index in [1.165, 1.54) is 23.5 Å². The Bertz CT molecular complexity index is 421. The van der Waals surface area contributed by atoms with Crippen LogP contribution in [0, 0.1) is 5.92 Å². The number of aliphatic carboxylic acids is 1. The Labute approximate surface area is 98.3 Å². The molecule has 1 aliphatic rings. The first-order chi connectivity index (χ1) is 8.18. The van der Waals surface area contributed by atoms with Gasteiger partial charge in [-0.15, -0.1) is 0 Å². The molecule has 0 spiro atoms. The molecule has 1 aromatic heterocycles. The summed E-state index contributed by atoms with van der Waals surface area (Å²) < 4.78 is 0. The van der Waals surface area contributed by atoms with E-state index in [0.29, 0.717) is 19.4 Å². The van der Waals surface area contributed by atoms with Crippen molar-refractivity contribution in [3.8, 4) is 0 Å². The largest absolute Gasteiger partial charge is 0.481 e. The molecule has 0 saturated carbocycles. The first-order valence-electron chi connectivity index (χ1n) is 5.46. The molecule has 0 aliphatic carbocycles. The lowest BCUT2D eigenvalue weighted by Gasteiger charge is -2.30. The molecule has 1 unspecified atom stereocenters. The fraction of sp³-hybridized carbons (Fsp3) is 0.455. The quantitative estimate of drug-likeness (QED) is 0.802. The van der Waals surface area contributed by atoms with Crippen LogP contribution in [0.15, 0.2) is 18.6 Å². The highest BCUT2D eigenvalue weighted by Gasteiger charge is 2.29. The van der Waals surface area contributed by atoms with Crippen molar-refractivity contribution in [2.45, 2.75) is 12.8 Å². The summed E-state index contributed by atoms with van der Waals surface area (Å²) in [6, 6.07) is 0. The summed E-state index contributed by atoms with van der Waals surface area (Å²) in [6.07, 6.45) is 5.67. The van der Waals surface area contributed by atoms with Crippen LogP contribution in [0.2, 0.25) is 0 Å². The van der Waals surface area contributed by atoms with Crippen molar-refractivity contribution >= 4 is 11.9 Å². The summed E-state index contributed by atoms with van der Waals surface area (Å²) in [5.41, 5.74) is 0.263. The van der Waals surface area contributed by atoms with E-state index in [1.807, 2.05) is 0 Å². The zero-order valence-corrected chi connectivity index (χ0v) is 9.24. The Balaban J connectivity index is 2.07. The van der Waals surface area contributed by atoms with Crippen molar-refractivity contribution in [1.29, 1.82) is 0 Å². The second kappa shape index (κ2) is 4.90. The van der Waals surface area contributed by atoms with E-state index in [0.717, 1.165) is 0 Å². The third kappa shape index (κ3) is 2.58. The molecule has 1 fully saturated rings. The van der Waals surface area contributed by atoms with Gasteiger partial charge in [0.05, 0.1) is 12.1 Å². The lowest BCUT2D eigenvalue weighted by Crippen LogP contribution is -2.42. The van der Waals surface area contributed by atoms with Gasteiger partial charge < -0.3 is 10.0 Å². The van der Waals surface area contributed by atoms with Gasteiger partial charge in [-0.3, -0.25) is 14.6 Å². The molecule has 2 rings (SSSR count). The van der Waals surface area contributed by atoms with Gasteiger partial charge in [0.1, 0.15) is 5.69 Å². The maximum Gasteiger partial charge on any atom is 0.308 e. The molecule has 6 heteroatoms. The SMILES string of the molecule is O=C(O)C1CCCN(C(=O)c2cnccn2)C1. The van der Waals surface area contributed by atoms with Gasteiger partial charge in [0.25, 0.3) is 5.91 Å². The minimum atomic E-state index is -0.846. The van der Waals surface area contributed by atoms with Crippen molar-refractivity contribution in [1.82, 2.24) is 14.9 Å². The molecule has 0 bridgehead atoms. The van der Waals surface area contributed by atoms with Crippen LogP contribution in [-0.4, -0.2) is 44.9 Å². The molecule has 1 N–H and O–H groups in total. The number of piperidine rings is 1. The minimum absolute atomic E-state index is 0.246. The predicted molar refractivity (Wildman–Crippen MR) is 58.3 cm³/mol. The fourth-order valence-electron chi connectivity index (χ4n) is 1.93. The van der Waals surface area contributed by atoms with Gasteiger partial charge >= 0.3 is 5.97 Å². The monoisotopic (exact) mass is 235 g/mol. The summed E-state index contributed by atoms with van der Waals surface area (Å²) >= 11 is 0. The van der Waals surface area contributed by atoms with Crippen LogP contribution in [0.25, 0.3) is 0 Å². The van der Waals surface area contributed by atoms with Crippen LogP contribution in [-0.2, 0) is 4.79 Å². The van der Waals surface area contributed by atoms with Gasteiger partial charge in [-0.05, 0) is 12.8 Å². The predicted octanol–water partition coefficient (Wildman–Crippen LogP) is 0.413. The van der Waals surface area contributed by atoms with E-state index < -0.39 is 11.9 Å². The van der Waals surface area contributed by atoms with Crippen LogP contribution < -0.4 is 0 Å². The highest BCUT2D eigenvalue weighted by molar-refractivity contribution is 5.92. The number of hydrogen-bond donors (Lipinski definition) is 1. The second-order valence-corrected chi connectivity index (χ2v) is 4.02. The smallest absolute Gasteiger partial charge is 0.308 e. The van der Waals surface area contributed by atoms with E-state index in [4.69, 9.17) is 5.11 Å². The van der Waals surface area contributed by atoms with Crippen molar-refractivity contribution in [2.75, 3.05) is 13.1 Å². The lowest BCUT2D eigenvalue weighted by molar-refractivity contribution is -0.143. The first-order valence-corrected chi connectivity index (χ1v) is 5.46. The van der Waals surface area contributed by atoms with Crippen LogP contribution in [0.4, 0.5) is 0 Å². The maximum absolute atomic E-state index is 12.0. The Morgan fingerprint density at radius 3 is 2.88 bits per heavy atom. The summed E-state index contributed by atoms with van der Waals surface area (Å²) in [5.74, 6) is -1.56. The van der Waals surface area contributed by atoms with Gasteiger partial charge in [-0.2, -0.15) is 0 Å². The van der Waals surface area contributed by atoms with Crippen molar-refractivity contribution in [3.05, 3.63) is 24.3 Å². The average molecular weight is 235 g/mol. The zero-order valence-electron chi connectivity index (χ0n) is 9.24. The molecule has 0 radical (unpaired) electrons. The number of aromatic nitrogens is 2. The van der Waals surface area contributed by atoms with Crippen molar-refractivity contribution < 1.29 is 14.7 Å². The lowest BCUT2D eigenvalue weighted by atomic mass is 9.98. The van der Waals surface area contributed by atoms with Crippen LogP contribution in [0.3, 0.4) is 0 Å². The molecule has 17 heavy (non-hydrogen) atoms. The number of carbonyl (C=O) groups excluding carboxylic acids is 1.